The van der Waals surface area contributed by atoms with Gasteiger partial charge in [0.15, 0.2) is 0 Å². The van der Waals surface area contributed by atoms with Gasteiger partial charge < -0.3 is 5.32 Å². The van der Waals surface area contributed by atoms with Crippen molar-refractivity contribution in [1.29, 1.82) is 0 Å². The SMILES string of the molecule is Cn1cc(-c2ccc(C(=O)NC3CC4(C3)CC(c3n[nH]c(=O)c5ccccc35)C4)cc2F)cn1. The molecule has 2 fully saturated rings. The van der Waals surface area contributed by atoms with Gasteiger partial charge in [0.05, 0.1) is 17.3 Å². The van der Waals surface area contributed by atoms with E-state index in [0.717, 1.165) is 36.8 Å². The number of fused-ring (bicyclic) bond motifs is 1. The highest BCUT2D eigenvalue weighted by Crippen LogP contribution is 2.62. The molecule has 34 heavy (non-hydrogen) atoms. The number of benzene rings is 2. The van der Waals surface area contributed by atoms with Crippen molar-refractivity contribution in [2.24, 2.45) is 12.5 Å². The van der Waals surface area contributed by atoms with Crippen molar-refractivity contribution < 1.29 is 9.18 Å². The highest BCUT2D eigenvalue weighted by molar-refractivity contribution is 5.95. The first-order chi connectivity index (χ1) is 16.4. The van der Waals surface area contributed by atoms with E-state index in [1.165, 1.54) is 6.07 Å². The molecular weight excluding hydrogens is 433 g/mol. The zero-order valence-corrected chi connectivity index (χ0v) is 18.7. The van der Waals surface area contributed by atoms with Crippen molar-refractivity contribution in [2.75, 3.05) is 0 Å². The zero-order valence-electron chi connectivity index (χ0n) is 18.7. The molecule has 1 spiro atoms. The predicted molar refractivity (Wildman–Crippen MR) is 126 cm³/mol. The Morgan fingerprint density at radius 1 is 1.15 bits per heavy atom. The minimum Gasteiger partial charge on any atom is -0.349 e. The van der Waals surface area contributed by atoms with Crippen LogP contribution in [-0.4, -0.2) is 31.9 Å². The minimum atomic E-state index is -0.437. The van der Waals surface area contributed by atoms with Crippen LogP contribution in [0, 0.1) is 11.2 Å². The first kappa shape index (κ1) is 20.8. The fourth-order valence-electron chi connectivity index (χ4n) is 5.77. The number of H-pyrrole nitrogens is 1. The van der Waals surface area contributed by atoms with Crippen LogP contribution in [0.1, 0.15) is 47.7 Å². The molecule has 0 bridgehead atoms. The second kappa shape index (κ2) is 7.62. The number of nitrogens with one attached hydrogen (secondary N) is 2. The molecule has 2 aliphatic rings. The van der Waals surface area contributed by atoms with E-state index < -0.39 is 5.82 Å². The van der Waals surface area contributed by atoms with Gasteiger partial charge in [0, 0.05) is 47.3 Å². The van der Waals surface area contributed by atoms with E-state index in [-0.39, 0.29) is 22.9 Å². The summed E-state index contributed by atoms with van der Waals surface area (Å²) in [4.78, 5) is 24.7. The van der Waals surface area contributed by atoms with Gasteiger partial charge in [-0.3, -0.25) is 14.3 Å². The fraction of sp³-hybridized carbons (Fsp3) is 0.308. The summed E-state index contributed by atoms with van der Waals surface area (Å²) in [5.41, 5.74) is 2.44. The summed E-state index contributed by atoms with van der Waals surface area (Å²) in [5.74, 6) is -0.374. The van der Waals surface area contributed by atoms with Gasteiger partial charge in [0.2, 0.25) is 0 Å². The van der Waals surface area contributed by atoms with Crippen LogP contribution in [0.15, 0.2) is 59.7 Å². The monoisotopic (exact) mass is 457 g/mol. The molecule has 2 heterocycles. The van der Waals surface area contributed by atoms with Gasteiger partial charge in [-0.15, -0.1) is 0 Å². The maximum Gasteiger partial charge on any atom is 0.272 e. The van der Waals surface area contributed by atoms with Crippen molar-refractivity contribution in [3.63, 3.8) is 0 Å². The number of carbonyl (C=O) groups is 1. The zero-order chi connectivity index (χ0) is 23.4. The van der Waals surface area contributed by atoms with Crippen molar-refractivity contribution >= 4 is 16.7 Å². The molecule has 1 amide bonds. The normalized spacial score (nSPS) is 23.5. The second-order valence-electron chi connectivity index (χ2n) is 9.76. The lowest BCUT2D eigenvalue weighted by Gasteiger charge is -2.57. The molecule has 2 aromatic carbocycles. The number of amides is 1. The first-order valence-electron chi connectivity index (χ1n) is 11.5. The number of carbonyl (C=O) groups excluding carboxylic acids is 1. The third-order valence-electron chi connectivity index (χ3n) is 7.41. The molecule has 7 nitrogen and oxygen atoms in total. The Morgan fingerprint density at radius 2 is 1.91 bits per heavy atom. The number of aromatic nitrogens is 4. The highest BCUT2D eigenvalue weighted by atomic mass is 19.1. The van der Waals surface area contributed by atoms with E-state index in [1.54, 1.807) is 36.3 Å². The van der Waals surface area contributed by atoms with Crippen LogP contribution in [0.5, 0.6) is 0 Å². The molecule has 0 unspecified atom stereocenters. The topological polar surface area (TPSA) is 92.7 Å². The summed E-state index contributed by atoms with van der Waals surface area (Å²) in [6.07, 6.45) is 7.15. The van der Waals surface area contributed by atoms with Crippen LogP contribution in [0.4, 0.5) is 4.39 Å². The van der Waals surface area contributed by atoms with Gasteiger partial charge in [-0.2, -0.15) is 10.2 Å². The number of hydrogen-bond acceptors (Lipinski definition) is 4. The van der Waals surface area contributed by atoms with Crippen molar-refractivity contribution in [2.45, 2.75) is 37.6 Å². The number of aryl methyl sites for hydroxylation is 1. The molecule has 2 aliphatic carbocycles. The van der Waals surface area contributed by atoms with Crippen molar-refractivity contribution in [3.8, 4) is 11.1 Å². The molecule has 0 atom stereocenters. The molecular formula is C26H24FN5O2. The molecule has 172 valence electrons. The Morgan fingerprint density at radius 3 is 2.62 bits per heavy atom. The lowest BCUT2D eigenvalue weighted by molar-refractivity contribution is -0.0196. The predicted octanol–water partition coefficient (Wildman–Crippen LogP) is 3.92. The summed E-state index contributed by atoms with van der Waals surface area (Å²) in [5, 5.41) is 15.7. The molecule has 8 heteroatoms. The Labute approximate surface area is 195 Å². The second-order valence-corrected chi connectivity index (χ2v) is 9.76. The molecule has 6 rings (SSSR count). The summed E-state index contributed by atoms with van der Waals surface area (Å²) in [7, 11) is 1.78. The summed E-state index contributed by atoms with van der Waals surface area (Å²) in [6.45, 7) is 0. The third kappa shape index (κ3) is 3.41. The van der Waals surface area contributed by atoms with Crippen LogP contribution >= 0.6 is 0 Å². The molecule has 0 saturated heterocycles. The van der Waals surface area contributed by atoms with Crippen molar-refractivity contribution in [3.05, 3.63) is 82.3 Å². The van der Waals surface area contributed by atoms with Crippen LogP contribution < -0.4 is 10.9 Å². The van der Waals surface area contributed by atoms with Gasteiger partial charge in [-0.25, -0.2) is 9.49 Å². The lowest BCUT2D eigenvalue weighted by atomic mass is 9.49. The molecule has 0 radical (unpaired) electrons. The first-order valence-corrected chi connectivity index (χ1v) is 11.5. The Bertz CT molecular complexity index is 1480. The van der Waals surface area contributed by atoms with Gasteiger partial charge in [-0.1, -0.05) is 24.3 Å². The number of hydrogen-bond donors (Lipinski definition) is 2. The van der Waals surface area contributed by atoms with Crippen LogP contribution in [0.25, 0.3) is 21.9 Å². The quantitative estimate of drug-likeness (QED) is 0.486. The smallest absolute Gasteiger partial charge is 0.272 e. The Hall–Kier alpha value is -3.81. The molecule has 0 aliphatic heterocycles. The van der Waals surface area contributed by atoms with Crippen molar-refractivity contribution in [1.82, 2.24) is 25.3 Å². The maximum absolute atomic E-state index is 14.6. The fourth-order valence-corrected chi connectivity index (χ4v) is 5.77. The summed E-state index contributed by atoms with van der Waals surface area (Å²) in [6, 6.07) is 12.2. The van der Waals surface area contributed by atoms with E-state index in [1.807, 2.05) is 24.3 Å². The summed E-state index contributed by atoms with van der Waals surface area (Å²) < 4.78 is 16.2. The molecule has 2 aromatic heterocycles. The van der Waals surface area contributed by atoms with Crippen LogP contribution in [-0.2, 0) is 7.05 Å². The summed E-state index contributed by atoms with van der Waals surface area (Å²) >= 11 is 0. The lowest BCUT2D eigenvalue weighted by Crippen LogP contribution is -2.55. The van der Waals surface area contributed by atoms with Gasteiger partial charge in [0.25, 0.3) is 11.5 Å². The number of halogens is 1. The number of aromatic amines is 1. The van der Waals surface area contributed by atoms with Crippen LogP contribution in [0.3, 0.4) is 0 Å². The Kier molecular flexibility index (Phi) is 4.65. The van der Waals surface area contributed by atoms with Gasteiger partial charge in [-0.05, 0) is 49.3 Å². The van der Waals surface area contributed by atoms with Gasteiger partial charge >= 0.3 is 0 Å². The number of rotatable bonds is 4. The van der Waals surface area contributed by atoms with E-state index in [0.29, 0.717) is 28.0 Å². The van der Waals surface area contributed by atoms with E-state index >= 15 is 0 Å². The molecule has 2 saturated carbocycles. The van der Waals surface area contributed by atoms with Gasteiger partial charge in [0.1, 0.15) is 5.82 Å². The van der Waals surface area contributed by atoms with E-state index in [2.05, 4.69) is 20.6 Å². The standard InChI is InChI=1S/C26H24FN5O2/c1-32-14-17(13-28-32)19-7-6-15(8-22(19)27)24(33)29-18-11-26(12-18)9-16(10-26)23-20-4-2-3-5-21(20)25(34)31-30-23/h2-8,13-14,16,18H,9-12H2,1H3,(H,29,33)(H,31,34). The van der Waals surface area contributed by atoms with E-state index in [4.69, 9.17) is 0 Å². The number of nitrogens with zero attached hydrogens (tertiary/aromatic N) is 3. The molecule has 2 N–H and O–H groups in total. The van der Waals surface area contributed by atoms with Crippen LogP contribution in [0.2, 0.25) is 0 Å². The average Bonchev–Trinajstić information content (AvgIpc) is 3.21. The largest absolute Gasteiger partial charge is 0.349 e. The van der Waals surface area contributed by atoms with E-state index in [9.17, 15) is 14.0 Å². The average molecular weight is 458 g/mol. The third-order valence-corrected chi connectivity index (χ3v) is 7.41. The minimum absolute atomic E-state index is 0.0924. The Balaban J connectivity index is 1.08. The molecule has 4 aromatic rings. The highest BCUT2D eigenvalue weighted by Gasteiger charge is 2.54. The maximum atomic E-state index is 14.6.